The molecule has 0 spiro atoms. The highest BCUT2D eigenvalue weighted by Crippen LogP contribution is 2.13. The first kappa shape index (κ1) is 26.0. The van der Waals surface area contributed by atoms with Crippen molar-refractivity contribution < 1.29 is 23.9 Å². The van der Waals surface area contributed by atoms with E-state index in [-0.39, 0.29) is 24.6 Å². The number of ether oxygens (including phenoxy) is 2. The Balaban J connectivity index is 2.04. The fraction of sp³-hybridized carbons (Fsp3) is 0.462. The lowest BCUT2D eigenvalue weighted by Gasteiger charge is -2.23. The Hall–Kier alpha value is -3.22. The van der Waals surface area contributed by atoms with Crippen LogP contribution in [0.5, 0.6) is 0 Å². The molecule has 1 aromatic carbocycles. The van der Waals surface area contributed by atoms with Crippen molar-refractivity contribution in [1.82, 2.24) is 10.3 Å². The maximum Gasteiger partial charge on any atom is 0.408 e. The van der Waals surface area contributed by atoms with Crippen LogP contribution in [-0.2, 0) is 38.3 Å². The molecule has 0 aliphatic rings. The number of carbonyl (C=O) groups excluding carboxylic acids is 3. The van der Waals surface area contributed by atoms with Gasteiger partial charge < -0.3 is 14.8 Å². The van der Waals surface area contributed by atoms with E-state index >= 15 is 0 Å². The maximum absolute atomic E-state index is 13.1. The largest absolute Gasteiger partial charge is 0.469 e. The number of aromatic nitrogens is 1. The van der Waals surface area contributed by atoms with Gasteiger partial charge in [0.15, 0.2) is 5.78 Å². The molecule has 33 heavy (non-hydrogen) atoms. The SMILES string of the molecule is COC(=O)CCCc1ccc(CC(=O)[C@@H](Cc2ccc(C)cn2)NC(=O)OC(C)(C)C)cc1. The van der Waals surface area contributed by atoms with Crippen molar-refractivity contribution in [2.24, 2.45) is 0 Å². The summed E-state index contributed by atoms with van der Waals surface area (Å²) in [6.45, 7) is 7.27. The van der Waals surface area contributed by atoms with E-state index in [0.29, 0.717) is 12.8 Å². The van der Waals surface area contributed by atoms with Gasteiger partial charge in [0.1, 0.15) is 5.60 Å². The van der Waals surface area contributed by atoms with Gasteiger partial charge in [0.25, 0.3) is 0 Å². The number of aryl methyl sites for hydroxylation is 2. The molecule has 1 heterocycles. The third kappa shape index (κ3) is 9.85. The minimum absolute atomic E-state index is 0.123. The summed E-state index contributed by atoms with van der Waals surface area (Å²) in [7, 11) is 1.38. The molecule has 1 amide bonds. The standard InChI is InChI=1S/C26H34N2O5/c1-18-9-14-21(27-17-18)16-22(28-25(31)33-26(2,3)4)23(29)15-20-12-10-19(11-13-20)7-6-8-24(30)32-5/h9-14,17,22H,6-8,15-16H2,1-5H3,(H,28,31)/t22-/m1/s1. The summed E-state index contributed by atoms with van der Waals surface area (Å²) < 4.78 is 10.0. The van der Waals surface area contributed by atoms with Gasteiger partial charge in [-0.1, -0.05) is 30.3 Å². The number of amides is 1. The number of nitrogens with zero attached hydrogens (tertiary/aromatic N) is 1. The average Bonchev–Trinajstić information content (AvgIpc) is 2.74. The minimum atomic E-state index is -0.755. The number of benzene rings is 1. The monoisotopic (exact) mass is 454 g/mol. The Morgan fingerprint density at radius 2 is 1.70 bits per heavy atom. The number of rotatable bonds is 10. The van der Waals surface area contributed by atoms with Gasteiger partial charge in [0.2, 0.25) is 0 Å². The van der Waals surface area contributed by atoms with Gasteiger partial charge in [-0.3, -0.25) is 14.6 Å². The number of methoxy groups -OCH3 is 1. The predicted molar refractivity (Wildman–Crippen MR) is 126 cm³/mol. The lowest BCUT2D eigenvalue weighted by Crippen LogP contribution is -2.45. The fourth-order valence-corrected chi connectivity index (χ4v) is 3.21. The zero-order valence-corrected chi connectivity index (χ0v) is 20.1. The summed E-state index contributed by atoms with van der Waals surface area (Å²) in [4.78, 5) is 41.1. The highest BCUT2D eigenvalue weighted by atomic mass is 16.6. The Morgan fingerprint density at radius 1 is 1.03 bits per heavy atom. The molecular formula is C26H34N2O5. The van der Waals surface area contributed by atoms with Crippen LogP contribution in [0.4, 0.5) is 4.79 Å². The quantitative estimate of drug-likeness (QED) is 0.543. The number of hydrogen-bond donors (Lipinski definition) is 1. The van der Waals surface area contributed by atoms with Gasteiger partial charge in [0.05, 0.1) is 13.2 Å². The first-order chi connectivity index (χ1) is 15.6. The molecule has 0 bridgehead atoms. The first-order valence-corrected chi connectivity index (χ1v) is 11.1. The Labute approximate surface area is 195 Å². The van der Waals surface area contributed by atoms with Crippen LogP contribution < -0.4 is 5.32 Å². The Bertz CT molecular complexity index is 931. The molecule has 1 atom stereocenters. The summed E-state index contributed by atoms with van der Waals surface area (Å²) in [6.07, 6.45) is 3.40. The second kappa shape index (κ2) is 12.1. The first-order valence-electron chi connectivity index (χ1n) is 11.1. The van der Waals surface area contributed by atoms with Crippen molar-refractivity contribution in [3.63, 3.8) is 0 Å². The van der Waals surface area contributed by atoms with E-state index in [1.807, 2.05) is 43.3 Å². The van der Waals surface area contributed by atoms with Gasteiger partial charge in [-0.2, -0.15) is 0 Å². The number of alkyl carbamates (subject to hydrolysis) is 1. The van der Waals surface area contributed by atoms with Gasteiger partial charge in [0, 0.05) is 31.2 Å². The Kier molecular flexibility index (Phi) is 9.57. The highest BCUT2D eigenvalue weighted by molar-refractivity contribution is 5.89. The van der Waals surface area contributed by atoms with E-state index in [4.69, 9.17) is 4.74 Å². The molecule has 2 rings (SSSR count). The van der Waals surface area contributed by atoms with Crippen molar-refractivity contribution in [3.05, 3.63) is 65.0 Å². The number of hydrogen-bond acceptors (Lipinski definition) is 6. The van der Waals surface area contributed by atoms with Crippen molar-refractivity contribution in [3.8, 4) is 0 Å². The van der Waals surface area contributed by atoms with E-state index in [0.717, 1.165) is 28.8 Å². The molecule has 0 saturated heterocycles. The molecule has 0 saturated carbocycles. The van der Waals surface area contributed by atoms with Gasteiger partial charge >= 0.3 is 12.1 Å². The second-order valence-electron chi connectivity index (χ2n) is 9.12. The molecule has 0 unspecified atom stereocenters. The number of ketones is 1. The third-order valence-electron chi connectivity index (χ3n) is 4.94. The topological polar surface area (TPSA) is 94.6 Å². The Morgan fingerprint density at radius 3 is 2.27 bits per heavy atom. The number of carbonyl (C=O) groups is 3. The smallest absolute Gasteiger partial charge is 0.408 e. The van der Waals surface area contributed by atoms with Crippen molar-refractivity contribution in [1.29, 1.82) is 0 Å². The van der Waals surface area contributed by atoms with Gasteiger partial charge in [-0.15, -0.1) is 0 Å². The molecule has 2 aromatic rings. The highest BCUT2D eigenvalue weighted by Gasteiger charge is 2.25. The summed E-state index contributed by atoms with van der Waals surface area (Å²) in [5.74, 6) is -0.342. The predicted octanol–water partition coefficient (Wildman–Crippen LogP) is 4.13. The van der Waals surface area contributed by atoms with E-state index in [1.54, 1.807) is 27.0 Å². The number of Topliss-reactive ketones (excluding diaryl/α,β-unsaturated/α-hetero) is 1. The molecule has 7 heteroatoms. The van der Waals surface area contributed by atoms with Crippen LogP contribution in [0.1, 0.15) is 56.0 Å². The third-order valence-corrected chi connectivity index (χ3v) is 4.94. The van der Waals surface area contributed by atoms with Crippen molar-refractivity contribution in [2.75, 3.05) is 7.11 Å². The van der Waals surface area contributed by atoms with E-state index in [1.165, 1.54) is 7.11 Å². The van der Waals surface area contributed by atoms with Crippen LogP contribution >= 0.6 is 0 Å². The number of esters is 1. The summed E-state index contributed by atoms with van der Waals surface area (Å²) in [5, 5.41) is 2.72. The van der Waals surface area contributed by atoms with E-state index < -0.39 is 17.7 Å². The average molecular weight is 455 g/mol. The van der Waals surface area contributed by atoms with E-state index in [9.17, 15) is 14.4 Å². The van der Waals surface area contributed by atoms with Crippen LogP contribution in [0.25, 0.3) is 0 Å². The summed E-state index contributed by atoms with van der Waals surface area (Å²) in [5.41, 5.74) is 3.01. The lowest BCUT2D eigenvalue weighted by molar-refractivity contribution is -0.140. The molecule has 0 fully saturated rings. The van der Waals surface area contributed by atoms with Crippen molar-refractivity contribution >= 4 is 17.8 Å². The summed E-state index contributed by atoms with van der Waals surface area (Å²) >= 11 is 0. The van der Waals surface area contributed by atoms with Crippen LogP contribution in [0.3, 0.4) is 0 Å². The van der Waals surface area contributed by atoms with E-state index in [2.05, 4.69) is 15.0 Å². The van der Waals surface area contributed by atoms with Crippen LogP contribution in [-0.4, -0.2) is 41.6 Å². The number of pyridine rings is 1. The normalized spacial score (nSPS) is 12.0. The summed E-state index contributed by atoms with van der Waals surface area (Å²) in [6, 6.07) is 10.7. The molecular weight excluding hydrogens is 420 g/mol. The molecule has 1 N–H and O–H groups in total. The van der Waals surface area contributed by atoms with Gasteiger partial charge in [-0.05, 0) is 63.3 Å². The van der Waals surface area contributed by atoms with Crippen LogP contribution in [0.15, 0.2) is 42.6 Å². The van der Waals surface area contributed by atoms with Gasteiger partial charge in [-0.25, -0.2) is 4.79 Å². The number of nitrogens with one attached hydrogen (secondary N) is 1. The van der Waals surface area contributed by atoms with Crippen molar-refractivity contribution in [2.45, 2.75) is 71.4 Å². The molecule has 0 radical (unpaired) electrons. The molecule has 1 aromatic heterocycles. The van der Waals surface area contributed by atoms with Crippen LogP contribution in [0, 0.1) is 6.92 Å². The molecule has 0 aliphatic heterocycles. The molecule has 0 aliphatic carbocycles. The fourth-order valence-electron chi connectivity index (χ4n) is 3.21. The maximum atomic E-state index is 13.1. The molecule has 7 nitrogen and oxygen atoms in total. The second-order valence-corrected chi connectivity index (χ2v) is 9.12. The van der Waals surface area contributed by atoms with Crippen LogP contribution in [0.2, 0.25) is 0 Å². The minimum Gasteiger partial charge on any atom is -0.469 e. The zero-order chi connectivity index (χ0) is 24.4. The molecule has 178 valence electrons. The zero-order valence-electron chi connectivity index (χ0n) is 20.1. The lowest BCUT2D eigenvalue weighted by atomic mass is 9.98.